The fraction of sp³-hybridized carbons (Fsp3) is 0.308. The van der Waals surface area contributed by atoms with Crippen LogP contribution in [0.5, 0.6) is 5.75 Å². The van der Waals surface area contributed by atoms with Crippen LogP contribution in [-0.4, -0.2) is 62.7 Å². The standard InChI is InChI=1S/C26H31N3O5S/c1-5-27-26(31)19(2)29(17-20-9-8-12-23(15-20)34-4)25(30)18-28(3)35(32,33)24-14-13-21-10-6-7-11-22(21)16-24/h6-16,19H,5,17-18H2,1-4H3,(H,27,31)/t19-/m0/s1. The van der Waals surface area contributed by atoms with Crippen LogP contribution in [0.3, 0.4) is 0 Å². The Morgan fingerprint density at radius 3 is 2.40 bits per heavy atom. The third-order valence-electron chi connectivity index (χ3n) is 5.79. The molecule has 3 aromatic carbocycles. The lowest BCUT2D eigenvalue weighted by Crippen LogP contribution is -2.50. The van der Waals surface area contributed by atoms with Crippen molar-refractivity contribution in [2.75, 3.05) is 27.2 Å². The third-order valence-corrected chi connectivity index (χ3v) is 7.59. The SMILES string of the molecule is CCNC(=O)[C@H](C)N(Cc1cccc(OC)c1)C(=O)CN(C)S(=O)(=O)c1ccc2ccccc2c1. The molecule has 3 rings (SSSR count). The van der Waals surface area contributed by atoms with Gasteiger partial charge in [-0.1, -0.05) is 42.5 Å². The van der Waals surface area contributed by atoms with Gasteiger partial charge in [0, 0.05) is 20.1 Å². The maximum Gasteiger partial charge on any atom is 0.243 e. The van der Waals surface area contributed by atoms with Gasteiger partial charge in [0.25, 0.3) is 0 Å². The fourth-order valence-electron chi connectivity index (χ4n) is 3.75. The number of fused-ring (bicyclic) bond motifs is 1. The first-order chi connectivity index (χ1) is 16.7. The number of hydrogen-bond acceptors (Lipinski definition) is 5. The predicted molar refractivity (Wildman–Crippen MR) is 135 cm³/mol. The zero-order valence-corrected chi connectivity index (χ0v) is 21.2. The molecule has 0 spiro atoms. The largest absolute Gasteiger partial charge is 0.497 e. The van der Waals surface area contributed by atoms with Gasteiger partial charge in [0.2, 0.25) is 21.8 Å². The highest BCUT2D eigenvalue weighted by molar-refractivity contribution is 7.89. The first kappa shape index (κ1) is 26.2. The van der Waals surface area contributed by atoms with Crippen LogP contribution in [0.1, 0.15) is 19.4 Å². The number of sulfonamides is 1. The number of likely N-dealkylation sites (N-methyl/N-ethyl adjacent to an activating group) is 2. The molecular formula is C26H31N3O5S. The molecular weight excluding hydrogens is 466 g/mol. The minimum Gasteiger partial charge on any atom is -0.497 e. The van der Waals surface area contributed by atoms with Gasteiger partial charge in [-0.3, -0.25) is 9.59 Å². The number of carbonyl (C=O) groups excluding carboxylic acids is 2. The molecule has 9 heteroatoms. The highest BCUT2D eigenvalue weighted by Crippen LogP contribution is 2.22. The minimum absolute atomic E-state index is 0.0996. The second-order valence-corrected chi connectivity index (χ2v) is 10.3. The Labute approximate surface area is 206 Å². The van der Waals surface area contributed by atoms with Crippen LogP contribution >= 0.6 is 0 Å². The van der Waals surface area contributed by atoms with E-state index in [9.17, 15) is 18.0 Å². The van der Waals surface area contributed by atoms with Gasteiger partial charge in [-0.2, -0.15) is 4.31 Å². The van der Waals surface area contributed by atoms with E-state index in [0.717, 1.165) is 20.6 Å². The predicted octanol–water partition coefficient (Wildman–Crippen LogP) is 3.02. The number of ether oxygens (including phenoxy) is 1. The summed E-state index contributed by atoms with van der Waals surface area (Å²) in [5.74, 6) is -0.182. The molecule has 35 heavy (non-hydrogen) atoms. The molecule has 8 nitrogen and oxygen atoms in total. The van der Waals surface area contributed by atoms with E-state index in [0.29, 0.717) is 12.3 Å². The summed E-state index contributed by atoms with van der Waals surface area (Å²) in [4.78, 5) is 27.4. The van der Waals surface area contributed by atoms with Gasteiger partial charge in [-0.05, 0) is 54.4 Å². The maximum absolute atomic E-state index is 13.4. The Hall–Kier alpha value is -3.43. The second-order valence-electron chi connectivity index (χ2n) is 8.21. The van der Waals surface area contributed by atoms with Gasteiger partial charge < -0.3 is 15.0 Å². The summed E-state index contributed by atoms with van der Waals surface area (Å²) in [6, 6.07) is 18.7. The number of nitrogens with zero attached hydrogens (tertiary/aromatic N) is 2. The molecule has 3 aromatic rings. The molecule has 0 radical (unpaired) electrons. The van der Waals surface area contributed by atoms with E-state index in [1.54, 1.807) is 51.3 Å². The summed E-state index contributed by atoms with van der Waals surface area (Å²) in [5.41, 5.74) is 0.758. The lowest BCUT2D eigenvalue weighted by molar-refractivity contribution is -0.140. The quantitative estimate of drug-likeness (QED) is 0.465. The molecule has 0 saturated carbocycles. The molecule has 0 fully saturated rings. The molecule has 0 bridgehead atoms. The monoisotopic (exact) mass is 497 g/mol. The van der Waals surface area contributed by atoms with E-state index >= 15 is 0 Å². The zero-order chi connectivity index (χ0) is 25.6. The first-order valence-electron chi connectivity index (χ1n) is 11.3. The molecule has 186 valence electrons. The van der Waals surface area contributed by atoms with E-state index in [1.807, 2.05) is 30.3 Å². The van der Waals surface area contributed by atoms with Crippen LogP contribution < -0.4 is 10.1 Å². The second kappa shape index (κ2) is 11.3. The van der Waals surface area contributed by atoms with Crippen LogP contribution in [-0.2, 0) is 26.2 Å². The van der Waals surface area contributed by atoms with Crippen molar-refractivity contribution < 1.29 is 22.7 Å². The molecule has 1 N–H and O–H groups in total. The van der Waals surface area contributed by atoms with E-state index in [2.05, 4.69) is 5.32 Å². The van der Waals surface area contributed by atoms with Crippen molar-refractivity contribution >= 4 is 32.6 Å². The summed E-state index contributed by atoms with van der Waals surface area (Å²) in [5, 5.41) is 4.44. The van der Waals surface area contributed by atoms with Crippen molar-refractivity contribution in [1.82, 2.24) is 14.5 Å². The summed E-state index contributed by atoms with van der Waals surface area (Å²) in [6.45, 7) is 3.55. The lowest BCUT2D eigenvalue weighted by Gasteiger charge is -2.30. The zero-order valence-electron chi connectivity index (χ0n) is 20.4. The van der Waals surface area contributed by atoms with Crippen LogP contribution in [0.4, 0.5) is 0 Å². The number of amides is 2. The van der Waals surface area contributed by atoms with Crippen molar-refractivity contribution in [3.8, 4) is 5.75 Å². The summed E-state index contributed by atoms with van der Waals surface area (Å²) >= 11 is 0. The Morgan fingerprint density at radius 2 is 1.71 bits per heavy atom. The summed E-state index contributed by atoms with van der Waals surface area (Å²) < 4.78 is 32.8. The van der Waals surface area contributed by atoms with Crippen LogP contribution in [0.15, 0.2) is 71.6 Å². The van der Waals surface area contributed by atoms with Crippen LogP contribution in [0.2, 0.25) is 0 Å². The van der Waals surface area contributed by atoms with Crippen LogP contribution in [0, 0.1) is 0 Å². The maximum atomic E-state index is 13.4. The molecule has 0 heterocycles. The number of carbonyl (C=O) groups is 2. The summed E-state index contributed by atoms with van der Waals surface area (Å²) in [6.07, 6.45) is 0. The molecule has 0 aliphatic heterocycles. The average Bonchev–Trinajstić information content (AvgIpc) is 2.86. The van der Waals surface area contributed by atoms with Gasteiger partial charge in [0.1, 0.15) is 11.8 Å². The Bertz CT molecular complexity index is 1310. The van der Waals surface area contributed by atoms with Gasteiger partial charge in [0.05, 0.1) is 18.6 Å². The molecule has 0 aromatic heterocycles. The van der Waals surface area contributed by atoms with Crippen LogP contribution in [0.25, 0.3) is 10.8 Å². The number of hydrogen-bond donors (Lipinski definition) is 1. The average molecular weight is 498 g/mol. The normalized spacial score (nSPS) is 12.4. The molecule has 1 atom stereocenters. The number of methoxy groups -OCH3 is 1. The molecule has 0 aliphatic carbocycles. The van der Waals surface area contributed by atoms with E-state index in [4.69, 9.17) is 4.74 Å². The highest BCUT2D eigenvalue weighted by Gasteiger charge is 2.30. The van der Waals surface area contributed by atoms with Crippen molar-refractivity contribution in [1.29, 1.82) is 0 Å². The van der Waals surface area contributed by atoms with Crippen molar-refractivity contribution in [3.63, 3.8) is 0 Å². The number of nitrogens with one attached hydrogen (secondary N) is 1. The third kappa shape index (κ3) is 6.17. The Balaban J connectivity index is 1.85. The molecule has 2 amide bonds. The van der Waals surface area contributed by atoms with Gasteiger partial charge in [0.15, 0.2) is 0 Å². The summed E-state index contributed by atoms with van der Waals surface area (Å²) in [7, 11) is -1.02. The molecule has 0 aliphatic rings. The van der Waals surface area contributed by atoms with Gasteiger partial charge in [-0.15, -0.1) is 0 Å². The van der Waals surface area contributed by atoms with Gasteiger partial charge in [-0.25, -0.2) is 8.42 Å². The molecule has 0 saturated heterocycles. The van der Waals surface area contributed by atoms with Crippen molar-refractivity contribution in [2.24, 2.45) is 0 Å². The lowest BCUT2D eigenvalue weighted by atomic mass is 10.1. The van der Waals surface area contributed by atoms with E-state index in [-0.39, 0.29) is 17.3 Å². The van der Waals surface area contributed by atoms with Crippen molar-refractivity contribution in [2.45, 2.75) is 31.3 Å². The Kier molecular flexibility index (Phi) is 8.48. The van der Waals surface area contributed by atoms with E-state index < -0.39 is 28.5 Å². The number of benzene rings is 3. The minimum atomic E-state index is -3.93. The highest BCUT2D eigenvalue weighted by atomic mass is 32.2. The smallest absolute Gasteiger partial charge is 0.243 e. The molecule has 0 unspecified atom stereocenters. The topological polar surface area (TPSA) is 96.0 Å². The first-order valence-corrected chi connectivity index (χ1v) is 12.8. The van der Waals surface area contributed by atoms with Gasteiger partial charge >= 0.3 is 0 Å². The van der Waals surface area contributed by atoms with Crippen molar-refractivity contribution in [3.05, 3.63) is 72.3 Å². The van der Waals surface area contributed by atoms with E-state index in [1.165, 1.54) is 18.0 Å². The Morgan fingerprint density at radius 1 is 1.00 bits per heavy atom. The fourth-order valence-corrected chi connectivity index (χ4v) is 4.90. The number of rotatable bonds is 10.